The van der Waals surface area contributed by atoms with E-state index in [-0.39, 0.29) is 5.78 Å². The normalized spacial score (nSPS) is 14.4. The third-order valence-corrected chi connectivity index (χ3v) is 3.39. The first-order valence-electron chi connectivity index (χ1n) is 5.54. The second kappa shape index (κ2) is 4.46. The topological polar surface area (TPSA) is 26.3 Å². The number of rotatable bonds is 2. The van der Waals surface area contributed by atoms with E-state index in [1.807, 2.05) is 6.07 Å². The monoisotopic (exact) mass is 238 g/mol. The van der Waals surface area contributed by atoms with Crippen molar-refractivity contribution in [2.45, 2.75) is 32.6 Å². The molecule has 2 rings (SSSR count). The molecule has 86 valence electrons. The Bertz CT molecular complexity index is 438. The van der Waals surface area contributed by atoms with E-state index >= 15 is 0 Å². The molecule has 0 N–H and O–H groups in total. The number of Topliss-reactive ketones (excluding diaryl/α,β-unsaturated/α-hetero) is 1. The zero-order valence-electron chi connectivity index (χ0n) is 9.60. The molecule has 0 amide bonds. The molecule has 0 aromatic heterocycles. The van der Waals surface area contributed by atoms with Gasteiger partial charge in [0.15, 0.2) is 5.78 Å². The van der Waals surface area contributed by atoms with Crippen molar-refractivity contribution >= 4 is 17.4 Å². The number of ketones is 1. The van der Waals surface area contributed by atoms with Crippen molar-refractivity contribution in [1.82, 2.24) is 0 Å². The molecule has 1 aromatic rings. The molecule has 0 bridgehead atoms. The third-order valence-electron chi connectivity index (χ3n) is 3.11. The molecule has 0 saturated heterocycles. The van der Waals surface area contributed by atoms with Gasteiger partial charge < -0.3 is 4.74 Å². The summed E-state index contributed by atoms with van der Waals surface area (Å²) in [4.78, 5) is 11.7. The lowest BCUT2D eigenvalue weighted by molar-refractivity contribution is 0.101. The summed E-state index contributed by atoms with van der Waals surface area (Å²) < 4.78 is 5.25. The smallest absolute Gasteiger partial charge is 0.163 e. The van der Waals surface area contributed by atoms with Crippen molar-refractivity contribution in [3.05, 3.63) is 27.8 Å². The summed E-state index contributed by atoms with van der Waals surface area (Å²) in [5.41, 5.74) is 3.03. The van der Waals surface area contributed by atoms with Crippen molar-refractivity contribution in [3.63, 3.8) is 0 Å². The van der Waals surface area contributed by atoms with Gasteiger partial charge in [-0.15, -0.1) is 0 Å². The second-order valence-corrected chi connectivity index (χ2v) is 4.57. The number of halogens is 1. The number of carbonyl (C=O) groups is 1. The van der Waals surface area contributed by atoms with E-state index in [0.717, 1.165) is 24.8 Å². The van der Waals surface area contributed by atoms with Crippen LogP contribution in [0.25, 0.3) is 0 Å². The summed E-state index contributed by atoms with van der Waals surface area (Å²) in [6, 6.07) is 1.95. The Morgan fingerprint density at radius 1 is 1.38 bits per heavy atom. The molecule has 2 nitrogen and oxygen atoms in total. The molecule has 3 heteroatoms. The van der Waals surface area contributed by atoms with Crippen molar-refractivity contribution in [1.29, 1.82) is 0 Å². The van der Waals surface area contributed by atoms with Crippen molar-refractivity contribution in [2.24, 2.45) is 0 Å². The van der Waals surface area contributed by atoms with Gasteiger partial charge in [-0.25, -0.2) is 0 Å². The van der Waals surface area contributed by atoms with E-state index in [0.29, 0.717) is 16.3 Å². The summed E-state index contributed by atoms with van der Waals surface area (Å²) in [6.45, 7) is 1.57. The van der Waals surface area contributed by atoms with Crippen molar-refractivity contribution in [2.75, 3.05) is 7.11 Å². The van der Waals surface area contributed by atoms with Crippen molar-refractivity contribution < 1.29 is 9.53 Å². The van der Waals surface area contributed by atoms with Gasteiger partial charge >= 0.3 is 0 Å². The number of hydrogen-bond acceptors (Lipinski definition) is 2. The predicted molar refractivity (Wildman–Crippen MR) is 64.7 cm³/mol. The molecule has 16 heavy (non-hydrogen) atoms. The minimum Gasteiger partial charge on any atom is -0.494 e. The largest absolute Gasteiger partial charge is 0.494 e. The molecule has 0 radical (unpaired) electrons. The molecule has 1 aliphatic rings. The van der Waals surface area contributed by atoms with E-state index < -0.39 is 0 Å². The average molecular weight is 239 g/mol. The summed E-state index contributed by atoms with van der Waals surface area (Å²) >= 11 is 6.13. The van der Waals surface area contributed by atoms with Crippen LogP contribution in [0.3, 0.4) is 0 Å². The van der Waals surface area contributed by atoms with E-state index in [4.69, 9.17) is 16.3 Å². The molecule has 0 spiro atoms. The van der Waals surface area contributed by atoms with Crippen LogP contribution in [-0.4, -0.2) is 12.9 Å². The Balaban J connectivity index is 2.68. The van der Waals surface area contributed by atoms with Gasteiger partial charge in [-0.3, -0.25) is 4.79 Å². The standard InChI is InChI=1S/C13H15ClO2/c1-8(15)12-10-6-4-3-5-9(10)7-11(14)13(12)16-2/h7H,3-6H2,1-2H3. The summed E-state index contributed by atoms with van der Waals surface area (Å²) in [5, 5.41) is 0.549. The highest BCUT2D eigenvalue weighted by molar-refractivity contribution is 6.33. The lowest BCUT2D eigenvalue weighted by Crippen LogP contribution is -2.11. The van der Waals surface area contributed by atoms with Crippen molar-refractivity contribution in [3.8, 4) is 5.75 Å². The highest BCUT2D eigenvalue weighted by Gasteiger charge is 2.22. The van der Waals surface area contributed by atoms with Gasteiger partial charge in [0.05, 0.1) is 17.7 Å². The molecule has 1 aliphatic carbocycles. The highest BCUT2D eigenvalue weighted by atomic mass is 35.5. The van der Waals surface area contributed by atoms with E-state index in [9.17, 15) is 4.79 Å². The maximum atomic E-state index is 11.7. The first-order chi connectivity index (χ1) is 7.65. The number of benzene rings is 1. The maximum absolute atomic E-state index is 11.7. The summed E-state index contributed by atoms with van der Waals surface area (Å²) in [6.07, 6.45) is 4.28. The number of ether oxygens (including phenoxy) is 1. The van der Waals surface area contributed by atoms with Crippen LogP contribution in [0.5, 0.6) is 5.75 Å². The Morgan fingerprint density at radius 3 is 2.69 bits per heavy atom. The van der Waals surface area contributed by atoms with Gasteiger partial charge in [0, 0.05) is 0 Å². The van der Waals surface area contributed by atoms with Gasteiger partial charge in [0.2, 0.25) is 0 Å². The number of fused-ring (bicyclic) bond motifs is 1. The molecule has 0 aliphatic heterocycles. The molecule has 0 fully saturated rings. The first-order valence-corrected chi connectivity index (χ1v) is 5.92. The zero-order chi connectivity index (χ0) is 11.7. The van der Waals surface area contributed by atoms with Gasteiger partial charge in [-0.1, -0.05) is 11.6 Å². The quantitative estimate of drug-likeness (QED) is 0.738. The van der Waals surface area contributed by atoms with Crippen LogP contribution in [0.1, 0.15) is 41.3 Å². The highest BCUT2D eigenvalue weighted by Crippen LogP contribution is 2.37. The molecule has 0 atom stereocenters. The van der Waals surface area contributed by atoms with Gasteiger partial charge in [-0.2, -0.15) is 0 Å². The lowest BCUT2D eigenvalue weighted by Gasteiger charge is -2.21. The van der Waals surface area contributed by atoms with Crippen LogP contribution < -0.4 is 4.74 Å². The van der Waals surface area contributed by atoms with E-state index in [1.165, 1.54) is 12.0 Å². The number of methoxy groups -OCH3 is 1. The summed E-state index contributed by atoms with van der Waals surface area (Å²) in [7, 11) is 1.56. The Morgan fingerprint density at radius 2 is 2.06 bits per heavy atom. The van der Waals surface area contributed by atoms with Gasteiger partial charge in [-0.05, 0) is 49.8 Å². The Kier molecular flexibility index (Phi) is 3.20. The molecule has 1 aromatic carbocycles. The van der Waals surface area contributed by atoms with Crippen LogP contribution in [0, 0.1) is 0 Å². The lowest BCUT2D eigenvalue weighted by atomic mass is 9.86. The predicted octanol–water partition coefficient (Wildman–Crippen LogP) is 3.43. The van der Waals surface area contributed by atoms with Crippen LogP contribution in [0.15, 0.2) is 6.07 Å². The van der Waals surface area contributed by atoms with Crippen LogP contribution in [-0.2, 0) is 12.8 Å². The SMILES string of the molecule is COc1c(Cl)cc2c(c1C(C)=O)CCCC2. The molecule has 0 heterocycles. The summed E-state index contributed by atoms with van der Waals surface area (Å²) in [5.74, 6) is 0.576. The third kappa shape index (κ3) is 1.82. The average Bonchev–Trinajstić information content (AvgIpc) is 2.26. The fourth-order valence-corrected chi connectivity index (χ4v) is 2.72. The minimum absolute atomic E-state index is 0.0394. The fourth-order valence-electron chi connectivity index (χ4n) is 2.42. The fraction of sp³-hybridized carbons (Fsp3) is 0.462. The zero-order valence-corrected chi connectivity index (χ0v) is 10.4. The number of aryl methyl sites for hydroxylation is 1. The first kappa shape index (κ1) is 11.5. The molecular formula is C13H15ClO2. The molecule has 0 unspecified atom stereocenters. The second-order valence-electron chi connectivity index (χ2n) is 4.17. The maximum Gasteiger partial charge on any atom is 0.163 e. The van der Waals surface area contributed by atoms with Gasteiger partial charge in [0.25, 0.3) is 0 Å². The van der Waals surface area contributed by atoms with Crippen LogP contribution in [0.4, 0.5) is 0 Å². The molecule has 0 saturated carbocycles. The molecular weight excluding hydrogens is 224 g/mol. The Labute approximate surface area is 101 Å². The van der Waals surface area contributed by atoms with Crippen LogP contribution >= 0.6 is 11.6 Å². The van der Waals surface area contributed by atoms with E-state index in [1.54, 1.807) is 14.0 Å². The number of carbonyl (C=O) groups excluding carboxylic acids is 1. The van der Waals surface area contributed by atoms with E-state index in [2.05, 4.69) is 0 Å². The van der Waals surface area contributed by atoms with Crippen LogP contribution in [0.2, 0.25) is 5.02 Å². The number of hydrogen-bond donors (Lipinski definition) is 0. The minimum atomic E-state index is 0.0394. The van der Waals surface area contributed by atoms with Gasteiger partial charge in [0.1, 0.15) is 5.75 Å². The Hall–Kier alpha value is -1.02.